The lowest BCUT2D eigenvalue weighted by atomic mass is 9.95. The Kier molecular flexibility index (Phi) is 3.84. The van der Waals surface area contributed by atoms with E-state index in [-0.39, 0.29) is 11.3 Å². The van der Waals surface area contributed by atoms with E-state index in [4.69, 9.17) is 5.73 Å². The van der Waals surface area contributed by atoms with E-state index < -0.39 is 0 Å². The van der Waals surface area contributed by atoms with Crippen molar-refractivity contribution in [2.75, 3.05) is 13.1 Å². The number of hydrogen-bond acceptors (Lipinski definition) is 2. The van der Waals surface area contributed by atoms with Crippen LogP contribution in [0.1, 0.15) is 24.8 Å². The molecule has 1 saturated carbocycles. The maximum atomic E-state index is 12.1. The predicted molar refractivity (Wildman–Crippen MR) is 71.7 cm³/mol. The molecule has 0 unspecified atom stereocenters. The Hall–Kier alpha value is -0.870. The lowest BCUT2D eigenvalue weighted by molar-refractivity contribution is -0.123. The lowest BCUT2D eigenvalue weighted by Crippen LogP contribution is -2.35. The zero-order valence-corrected chi connectivity index (χ0v) is 11.3. The van der Waals surface area contributed by atoms with E-state index in [1.54, 1.807) is 0 Å². The molecule has 0 radical (unpaired) electrons. The Morgan fingerprint density at radius 1 is 1.35 bits per heavy atom. The summed E-state index contributed by atoms with van der Waals surface area (Å²) in [5, 5.41) is 2.97. The van der Waals surface area contributed by atoms with Crippen LogP contribution in [0.15, 0.2) is 28.7 Å². The van der Waals surface area contributed by atoms with Crippen LogP contribution in [-0.2, 0) is 10.2 Å². The number of carbonyl (C=O) groups excluding carboxylic acids is 1. The molecule has 0 spiro atoms. The van der Waals surface area contributed by atoms with Gasteiger partial charge in [-0.05, 0) is 43.5 Å². The SMILES string of the molecule is NCCCNC(=O)C1(c2ccc(Br)cc2)CC1. The summed E-state index contributed by atoms with van der Waals surface area (Å²) in [6, 6.07) is 8.03. The molecule has 1 aromatic rings. The minimum atomic E-state index is -0.269. The van der Waals surface area contributed by atoms with Gasteiger partial charge in [-0.15, -0.1) is 0 Å². The normalized spacial score (nSPS) is 16.6. The van der Waals surface area contributed by atoms with Crippen molar-refractivity contribution in [3.05, 3.63) is 34.3 Å². The van der Waals surface area contributed by atoms with Gasteiger partial charge in [0.2, 0.25) is 5.91 Å². The van der Waals surface area contributed by atoms with Gasteiger partial charge in [0, 0.05) is 11.0 Å². The van der Waals surface area contributed by atoms with Gasteiger partial charge >= 0.3 is 0 Å². The first kappa shape index (κ1) is 12.6. The molecule has 92 valence electrons. The van der Waals surface area contributed by atoms with Gasteiger partial charge in [0.1, 0.15) is 0 Å². The molecule has 0 aliphatic heterocycles. The van der Waals surface area contributed by atoms with Gasteiger partial charge in [-0.1, -0.05) is 28.1 Å². The number of nitrogens with one attached hydrogen (secondary N) is 1. The van der Waals surface area contributed by atoms with E-state index in [9.17, 15) is 4.79 Å². The quantitative estimate of drug-likeness (QED) is 0.816. The van der Waals surface area contributed by atoms with Gasteiger partial charge in [0.05, 0.1) is 5.41 Å². The molecule has 3 nitrogen and oxygen atoms in total. The molecule has 1 aromatic carbocycles. The van der Waals surface area contributed by atoms with Crippen molar-refractivity contribution in [2.24, 2.45) is 5.73 Å². The van der Waals surface area contributed by atoms with Crippen molar-refractivity contribution in [2.45, 2.75) is 24.7 Å². The fourth-order valence-corrected chi connectivity index (χ4v) is 2.28. The predicted octanol–water partition coefficient (Wildman–Crippen LogP) is 1.95. The summed E-state index contributed by atoms with van der Waals surface area (Å²) in [4.78, 5) is 12.1. The van der Waals surface area contributed by atoms with Crippen molar-refractivity contribution >= 4 is 21.8 Å². The zero-order chi connectivity index (χ0) is 12.3. The summed E-state index contributed by atoms with van der Waals surface area (Å²) >= 11 is 3.41. The fraction of sp³-hybridized carbons (Fsp3) is 0.462. The summed E-state index contributed by atoms with van der Waals surface area (Å²) in [5.74, 6) is 0.147. The number of amides is 1. The van der Waals surface area contributed by atoms with E-state index in [1.807, 2.05) is 24.3 Å². The largest absolute Gasteiger partial charge is 0.355 e. The molecule has 1 fully saturated rings. The molecule has 0 saturated heterocycles. The smallest absolute Gasteiger partial charge is 0.230 e. The number of benzene rings is 1. The Balaban J connectivity index is 2.03. The highest BCUT2D eigenvalue weighted by Gasteiger charge is 2.50. The van der Waals surface area contributed by atoms with Crippen LogP contribution in [-0.4, -0.2) is 19.0 Å². The van der Waals surface area contributed by atoms with Gasteiger partial charge in [-0.2, -0.15) is 0 Å². The molecule has 1 aliphatic carbocycles. The van der Waals surface area contributed by atoms with Crippen LogP contribution < -0.4 is 11.1 Å². The van der Waals surface area contributed by atoms with Crippen molar-refractivity contribution in [3.63, 3.8) is 0 Å². The third kappa shape index (κ3) is 2.69. The number of halogens is 1. The molecule has 0 aromatic heterocycles. The van der Waals surface area contributed by atoms with Crippen LogP contribution in [0.5, 0.6) is 0 Å². The van der Waals surface area contributed by atoms with Gasteiger partial charge < -0.3 is 11.1 Å². The Labute approximate surface area is 110 Å². The van der Waals surface area contributed by atoms with Crippen LogP contribution in [0, 0.1) is 0 Å². The first-order chi connectivity index (χ1) is 8.19. The van der Waals surface area contributed by atoms with Crippen LogP contribution in [0.3, 0.4) is 0 Å². The van der Waals surface area contributed by atoms with Crippen LogP contribution >= 0.6 is 15.9 Å². The highest BCUT2D eigenvalue weighted by molar-refractivity contribution is 9.10. The summed E-state index contributed by atoms with van der Waals surface area (Å²) < 4.78 is 1.04. The van der Waals surface area contributed by atoms with E-state index >= 15 is 0 Å². The Morgan fingerprint density at radius 3 is 2.53 bits per heavy atom. The highest BCUT2D eigenvalue weighted by Crippen LogP contribution is 2.48. The van der Waals surface area contributed by atoms with E-state index in [0.29, 0.717) is 13.1 Å². The minimum absolute atomic E-state index is 0.147. The topological polar surface area (TPSA) is 55.1 Å². The molecule has 1 aliphatic rings. The van der Waals surface area contributed by atoms with E-state index in [1.165, 1.54) is 0 Å². The summed E-state index contributed by atoms with van der Waals surface area (Å²) in [7, 11) is 0. The highest BCUT2D eigenvalue weighted by atomic mass is 79.9. The monoisotopic (exact) mass is 296 g/mol. The number of nitrogens with two attached hydrogens (primary N) is 1. The Morgan fingerprint density at radius 2 is 2.00 bits per heavy atom. The van der Waals surface area contributed by atoms with Gasteiger partial charge in [0.25, 0.3) is 0 Å². The molecule has 0 atom stereocenters. The Bertz CT molecular complexity index is 398. The van der Waals surface area contributed by atoms with Crippen LogP contribution in [0.4, 0.5) is 0 Å². The van der Waals surface area contributed by atoms with Gasteiger partial charge in [0.15, 0.2) is 0 Å². The average Bonchev–Trinajstić information content (AvgIpc) is 3.11. The third-order valence-corrected chi connectivity index (χ3v) is 3.78. The standard InChI is InChI=1S/C13H17BrN2O/c14-11-4-2-10(3-5-11)13(6-7-13)12(17)16-9-1-8-15/h2-5H,1,6-9,15H2,(H,16,17). The van der Waals surface area contributed by atoms with Crippen molar-refractivity contribution in [3.8, 4) is 0 Å². The summed E-state index contributed by atoms with van der Waals surface area (Å²) in [5.41, 5.74) is 6.26. The number of rotatable bonds is 5. The molecule has 0 heterocycles. The van der Waals surface area contributed by atoms with Crippen molar-refractivity contribution in [1.82, 2.24) is 5.32 Å². The van der Waals surface area contributed by atoms with Crippen LogP contribution in [0.2, 0.25) is 0 Å². The van der Waals surface area contributed by atoms with Crippen molar-refractivity contribution < 1.29 is 4.79 Å². The first-order valence-corrected chi connectivity index (χ1v) is 6.73. The van der Waals surface area contributed by atoms with Crippen LogP contribution in [0.25, 0.3) is 0 Å². The molecule has 4 heteroatoms. The molecular formula is C13H17BrN2O. The maximum absolute atomic E-state index is 12.1. The average molecular weight is 297 g/mol. The second kappa shape index (κ2) is 5.19. The number of carbonyl (C=O) groups is 1. The summed E-state index contributed by atoms with van der Waals surface area (Å²) in [6.07, 6.45) is 2.73. The van der Waals surface area contributed by atoms with E-state index in [0.717, 1.165) is 29.3 Å². The van der Waals surface area contributed by atoms with Crippen molar-refractivity contribution in [1.29, 1.82) is 0 Å². The molecular weight excluding hydrogens is 280 g/mol. The molecule has 1 amide bonds. The molecule has 2 rings (SSSR count). The number of hydrogen-bond donors (Lipinski definition) is 2. The van der Waals surface area contributed by atoms with E-state index in [2.05, 4.69) is 21.2 Å². The first-order valence-electron chi connectivity index (χ1n) is 5.93. The molecule has 0 bridgehead atoms. The maximum Gasteiger partial charge on any atom is 0.230 e. The fourth-order valence-electron chi connectivity index (χ4n) is 2.01. The zero-order valence-electron chi connectivity index (χ0n) is 9.71. The summed E-state index contributed by atoms with van der Waals surface area (Å²) in [6.45, 7) is 1.29. The minimum Gasteiger partial charge on any atom is -0.355 e. The van der Waals surface area contributed by atoms with Gasteiger partial charge in [-0.3, -0.25) is 4.79 Å². The van der Waals surface area contributed by atoms with Gasteiger partial charge in [-0.25, -0.2) is 0 Å². The third-order valence-electron chi connectivity index (χ3n) is 3.25. The molecule has 3 N–H and O–H groups in total. The lowest BCUT2D eigenvalue weighted by Gasteiger charge is -2.15. The second-order valence-corrected chi connectivity index (χ2v) is 5.40. The molecule has 17 heavy (non-hydrogen) atoms. The second-order valence-electron chi connectivity index (χ2n) is 4.49.